The summed E-state index contributed by atoms with van der Waals surface area (Å²) >= 11 is 1.46. The lowest BCUT2D eigenvalue weighted by atomic mass is 9.99. The fraction of sp³-hybridized carbons (Fsp3) is 0.231. The number of ether oxygens (including phenoxy) is 1. The molecule has 4 aromatic rings. The van der Waals surface area contributed by atoms with Crippen molar-refractivity contribution < 1.29 is 14.3 Å². The first kappa shape index (κ1) is 23.4. The van der Waals surface area contributed by atoms with Gasteiger partial charge in [-0.2, -0.15) is 0 Å². The van der Waals surface area contributed by atoms with Crippen molar-refractivity contribution in [3.63, 3.8) is 0 Å². The number of aromatic nitrogens is 2. The molecule has 2 aromatic carbocycles. The van der Waals surface area contributed by atoms with Gasteiger partial charge in [0.25, 0.3) is 5.56 Å². The van der Waals surface area contributed by atoms with E-state index in [1.165, 1.54) is 27.8 Å². The van der Waals surface area contributed by atoms with E-state index in [0.717, 1.165) is 21.6 Å². The second-order valence-electron chi connectivity index (χ2n) is 8.00. The average Bonchev–Trinajstić information content (AvgIpc) is 3.15. The van der Waals surface area contributed by atoms with Gasteiger partial charge >= 0.3 is 5.97 Å². The minimum atomic E-state index is -0.523. The van der Waals surface area contributed by atoms with Crippen LogP contribution in [0.5, 0.6) is 0 Å². The summed E-state index contributed by atoms with van der Waals surface area (Å²) in [5, 5.41) is 3.22. The Hall–Kier alpha value is -3.78. The monoisotopic (exact) mass is 475 g/mol. The normalized spacial score (nSPS) is 10.9. The number of thiophene rings is 1. The number of para-hydroxylation sites is 1. The number of benzene rings is 2. The van der Waals surface area contributed by atoms with Crippen molar-refractivity contribution in [1.29, 1.82) is 0 Å². The van der Waals surface area contributed by atoms with Crippen LogP contribution in [0.1, 0.15) is 33.3 Å². The molecule has 0 aliphatic heterocycles. The highest BCUT2D eigenvalue weighted by Gasteiger charge is 2.19. The number of nitrogens with one attached hydrogen (secondary N) is 1. The van der Waals surface area contributed by atoms with E-state index in [9.17, 15) is 14.4 Å². The van der Waals surface area contributed by atoms with Crippen molar-refractivity contribution in [2.45, 2.75) is 34.2 Å². The number of hydrogen-bond acceptors (Lipinski definition) is 6. The van der Waals surface area contributed by atoms with Crippen LogP contribution in [0.3, 0.4) is 0 Å². The molecule has 4 rings (SSSR count). The number of rotatable bonds is 6. The molecule has 0 spiro atoms. The number of fused-ring (bicyclic) bond motifs is 1. The second kappa shape index (κ2) is 9.61. The number of carbonyl (C=O) groups is 2. The molecule has 174 valence electrons. The van der Waals surface area contributed by atoms with E-state index in [2.05, 4.69) is 16.4 Å². The second-order valence-corrected chi connectivity index (χ2v) is 9.21. The summed E-state index contributed by atoms with van der Waals surface area (Å²) in [6.07, 6.45) is 1.39. The maximum atomic E-state index is 13.4. The summed E-state index contributed by atoms with van der Waals surface area (Å²) in [6, 6.07) is 12.7. The predicted octanol–water partition coefficient (Wildman–Crippen LogP) is 4.87. The summed E-state index contributed by atoms with van der Waals surface area (Å²) < 4.78 is 6.35. The third-order valence-corrected chi connectivity index (χ3v) is 6.67. The van der Waals surface area contributed by atoms with Gasteiger partial charge in [-0.1, -0.05) is 30.3 Å². The molecule has 1 amide bonds. The van der Waals surface area contributed by atoms with Crippen LogP contribution >= 0.6 is 11.3 Å². The average molecular weight is 476 g/mol. The lowest BCUT2D eigenvalue weighted by Crippen LogP contribution is -2.28. The summed E-state index contributed by atoms with van der Waals surface area (Å²) in [7, 11) is 0. The number of esters is 1. The van der Waals surface area contributed by atoms with E-state index in [1.54, 1.807) is 31.2 Å². The van der Waals surface area contributed by atoms with E-state index < -0.39 is 11.9 Å². The number of anilines is 1. The minimum absolute atomic E-state index is 0.227. The van der Waals surface area contributed by atoms with Gasteiger partial charge in [-0.05, 0) is 56.5 Å². The molecule has 2 aromatic heterocycles. The molecule has 2 heterocycles. The third kappa shape index (κ3) is 4.49. The van der Waals surface area contributed by atoms with Crippen molar-refractivity contribution >= 4 is 39.1 Å². The van der Waals surface area contributed by atoms with Crippen LogP contribution in [0.4, 0.5) is 5.69 Å². The van der Waals surface area contributed by atoms with Gasteiger partial charge in [0, 0.05) is 10.4 Å². The Kier molecular flexibility index (Phi) is 6.61. The molecule has 0 atom stereocenters. The lowest BCUT2D eigenvalue weighted by molar-refractivity contribution is -0.116. The Bertz CT molecular complexity index is 1470. The van der Waals surface area contributed by atoms with Gasteiger partial charge < -0.3 is 10.1 Å². The molecular weight excluding hydrogens is 450 g/mol. The molecule has 1 N–H and O–H groups in total. The molecule has 0 bridgehead atoms. The van der Waals surface area contributed by atoms with Gasteiger partial charge in [-0.25, -0.2) is 9.78 Å². The minimum Gasteiger partial charge on any atom is -0.462 e. The van der Waals surface area contributed by atoms with Crippen molar-refractivity contribution in [1.82, 2.24) is 9.55 Å². The van der Waals surface area contributed by atoms with E-state index in [4.69, 9.17) is 4.74 Å². The van der Waals surface area contributed by atoms with Crippen LogP contribution in [0.2, 0.25) is 0 Å². The molecule has 7 nitrogen and oxygen atoms in total. The third-order valence-electron chi connectivity index (χ3n) is 5.66. The Morgan fingerprint density at radius 3 is 2.59 bits per heavy atom. The molecule has 0 aliphatic rings. The molecule has 0 saturated carbocycles. The molecule has 0 aliphatic carbocycles. The van der Waals surface area contributed by atoms with E-state index >= 15 is 0 Å². The molecule has 0 fully saturated rings. The molecule has 0 saturated heterocycles. The summed E-state index contributed by atoms with van der Waals surface area (Å²) in [5.41, 5.74) is 4.42. The van der Waals surface area contributed by atoms with Gasteiger partial charge in [-0.3, -0.25) is 14.2 Å². The van der Waals surface area contributed by atoms with Gasteiger partial charge in [0.1, 0.15) is 11.4 Å². The number of nitrogens with zero attached hydrogens (tertiary/aromatic N) is 2. The zero-order chi connectivity index (χ0) is 24.4. The van der Waals surface area contributed by atoms with Gasteiger partial charge in [0.05, 0.1) is 29.6 Å². The quantitative estimate of drug-likeness (QED) is 0.402. The number of aryl methyl sites for hydroxylation is 3. The SMILES string of the molecule is CCOC(=O)c1ccccc1NC(=O)Cn1cnc2sc(C)c(-c3ccc(C)c(C)c3)c2c1=O. The van der Waals surface area contributed by atoms with Crippen molar-refractivity contribution in [2.75, 3.05) is 11.9 Å². The topological polar surface area (TPSA) is 90.3 Å². The predicted molar refractivity (Wildman–Crippen MR) is 135 cm³/mol. The van der Waals surface area contributed by atoms with E-state index in [0.29, 0.717) is 15.9 Å². The van der Waals surface area contributed by atoms with Crippen LogP contribution in [-0.4, -0.2) is 28.0 Å². The Morgan fingerprint density at radius 1 is 1.09 bits per heavy atom. The van der Waals surface area contributed by atoms with Gasteiger partial charge in [0.15, 0.2) is 0 Å². The standard InChI is InChI=1S/C26H25N3O4S/c1-5-33-26(32)19-8-6-7-9-20(19)28-21(30)13-29-14-27-24-23(25(29)31)22(17(4)34-24)18-11-10-15(2)16(3)12-18/h6-12,14H,5,13H2,1-4H3,(H,28,30). The fourth-order valence-electron chi connectivity index (χ4n) is 3.82. The summed E-state index contributed by atoms with van der Waals surface area (Å²) in [6.45, 7) is 7.76. The smallest absolute Gasteiger partial charge is 0.340 e. The Balaban J connectivity index is 1.67. The van der Waals surface area contributed by atoms with Crippen LogP contribution in [0, 0.1) is 20.8 Å². The zero-order valence-corrected chi connectivity index (χ0v) is 20.3. The number of carbonyl (C=O) groups excluding carboxylic acids is 2. The van der Waals surface area contributed by atoms with Crippen molar-refractivity contribution in [3.8, 4) is 11.1 Å². The zero-order valence-electron chi connectivity index (χ0n) is 19.5. The van der Waals surface area contributed by atoms with Crippen molar-refractivity contribution in [2.24, 2.45) is 0 Å². The fourth-order valence-corrected chi connectivity index (χ4v) is 4.82. The summed E-state index contributed by atoms with van der Waals surface area (Å²) in [5.74, 6) is -0.967. The molecule has 0 unspecified atom stereocenters. The Morgan fingerprint density at radius 2 is 1.85 bits per heavy atom. The highest BCUT2D eigenvalue weighted by Crippen LogP contribution is 2.36. The van der Waals surface area contributed by atoms with E-state index in [-0.39, 0.29) is 24.3 Å². The lowest BCUT2D eigenvalue weighted by Gasteiger charge is -2.11. The number of hydrogen-bond donors (Lipinski definition) is 1. The van der Waals surface area contributed by atoms with Gasteiger partial charge in [0.2, 0.25) is 5.91 Å². The summed E-state index contributed by atoms with van der Waals surface area (Å²) in [4.78, 5) is 44.5. The van der Waals surface area contributed by atoms with Crippen LogP contribution in [0.25, 0.3) is 21.3 Å². The first-order chi connectivity index (χ1) is 16.3. The molecule has 34 heavy (non-hydrogen) atoms. The van der Waals surface area contributed by atoms with Crippen LogP contribution in [-0.2, 0) is 16.1 Å². The maximum Gasteiger partial charge on any atom is 0.340 e. The first-order valence-corrected chi connectivity index (χ1v) is 11.7. The van der Waals surface area contributed by atoms with Gasteiger partial charge in [-0.15, -0.1) is 11.3 Å². The first-order valence-electron chi connectivity index (χ1n) is 10.9. The largest absolute Gasteiger partial charge is 0.462 e. The Labute approximate surface area is 201 Å². The molecular formula is C26H25N3O4S. The van der Waals surface area contributed by atoms with Crippen molar-refractivity contribution in [3.05, 3.63) is 80.7 Å². The maximum absolute atomic E-state index is 13.4. The van der Waals surface area contributed by atoms with Crippen LogP contribution in [0.15, 0.2) is 53.6 Å². The molecule has 8 heteroatoms. The van der Waals surface area contributed by atoms with E-state index in [1.807, 2.05) is 32.9 Å². The molecule has 0 radical (unpaired) electrons. The highest BCUT2D eigenvalue weighted by atomic mass is 32.1. The highest BCUT2D eigenvalue weighted by molar-refractivity contribution is 7.19. The van der Waals surface area contributed by atoms with Crippen LogP contribution < -0.4 is 10.9 Å². The number of amides is 1.